The molecule has 5 nitrogen and oxygen atoms in total. The van der Waals surface area contributed by atoms with Crippen molar-refractivity contribution in [1.82, 2.24) is 15.6 Å². The number of hydrogen-bond donors (Lipinski definition) is 3. The summed E-state index contributed by atoms with van der Waals surface area (Å²) in [6.45, 7) is 4.61. The first kappa shape index (κ1) is 19.8. The zero-order valence-corrected chi connectivity index (χ0v) is 16.4. The van der Waals surface area contributed by atoms with Crippen LogP contribution in [0, 0.1) is 6.92 Å². The van der Waals surface area contributed by atoms with Crippen molar-refractivity contribution >= 4 is 40.8 Å². The minimum atomic E-state index is 0. The van der Waals surface area contributed by atoms with Crippen LogP contribution >= 0.6 is 24.0 Å². The van der Waals surface area contributed by atoms with Crippen molar-refractivity contribution in [2.75, 3.05) is 33.9 Å². The van der Waals surface area contributed by atoms with Gasteiger partial charge in [0, 0.05) is 51.0 Å². The Labute approximate surface area is 155 Å². The number of H-pyrrole nitrogens is 1. The van der Waals surface area contributed by atoms with Crippen molar-refractivity contribution in [2.24, 2.45) is 4.99 Å². The predicted octanol–water partition coefficient (Wildman–Crippen LogP) is 2.84. The van der Waals surface area contributed by atoms with Gasteiger partial charge in [0.25, 0.3) is 0 Å². The fraction of sp³-hybridized carbons (Fsp3) is 0.471. The molecule has 0 fully saturated rings. The number of guanidine groups is 1. The van der Waals surface area contributed by atoms with Crippen LogP contribution in [-0.2, 0) is 11.2 Å². The third-order valence-electron chi connectivity index (χ3n) is 3.74. The van der Waals surface area contributed by atoms with Gasteiger partial charge in [0.05, 0.1) is 0 Å². The van der Waals surface area contributed by atoms with Crippen molar-refractivity contribution in [3.05, 3.63) is 35.5 Å². The topological polar surface area (TPSA) is 61.4 Å². The highest BCUT2D eigenvalue weighted by Gasteiger charge is 2.05. The second kappa shape index (κ2) is 10.5. The van der Waals surface area contributed by atoms with E-state index in [0.717, 1.165) is 38.5 Å². The van der Waals surface area contributed by atoms with E-state index in [2.05, 4.69) is 51.9 Å². The Morgan fingerprint density at radius 1 is 1.26 bits per heavy atom. The Kier molecular flexibility index (Phi) is 9.01. The summed E-state index contributed by atoms with van der Waals surface area (Å²) in [5, 5.41) is 7.94. The summed E-state index contributed by atoms with van der Waals surface area (Å²) in [7, 11) is 3.51. The monoisotopic (exact) mass is 430 g/mol. The lowest BCUT2D eigenvalue weighted by molar-refractivity contribution is 0.195. The van der Waals surface area contributed by atoms with E-state index in [1.165, 1.54) is 22.0 Å². The molecule has 0 aliphatic rings. The number of rotatable bonds is 7. The minimum Gasteiger partial charge on any atom is -0.385 e. The number of aromatic nitrogens is 1. The Morgan fingerprint density at radius 2 is 2.04 bits per heavy atom. The number of para-hydroxylation sites is 1. The Bertz CT molecular complexity index is 624. The molecule has 3 N–H and O–H groups in total. The Hall–Kier alpha value is -1.28. The Morgan fingerprint density at radius 3 is 2.78 bits per heavy atom. The fourth-order valence-corrected chi connectivity index (χ4v) is 2.53. The third kappa shape index (κ3) is 5.69. The van der Waals surface area contributed by atoms with E-state index in [4.69, 9.17) is 4.74 Å². The lowest BCUT2D eigenvalue weighted by atomic mass is 10.1. The summed E-state index contributed by atoms with van der Waals surface area (Å²) in [6, 6.07) is 6.41. The number of nitrogens with one attached hydrogen (secondary N) is 3. The van der Waals surface area contributed by atoms with Crippen LogP contribution in [0.3, 0.4) is 0 Å². The number of fused-ring (bicyclic) bond motifs is 1. The van der Waals surface area contributed by atoms with Gasteiger partial charge < -0.3 is 20.4 Å². The van der Waals surface area contributed by atoms with Gasteiger partial charge >= 0.3 is 0 Å². The summed E-state index contributed by atoms with van der Waals surface area (Å²) in [4.78, 5) is 7.60. The number of aromatic amines is 1. The summed E-state index contributed by atoms with van der Waals surface area (Å²) >= 11 is 0. The number of benzene rings is 1. The van der Waals surface area contributed by atoms with Crippen LogP contribution in [0.25, 0.3) is 10.9 Å². The van der Waals surface area contributed by atoms with Crippen molar-refractivity contribution in [3.8, 4) is 0 Å². The number of nitrogens with zero attached hydrogens (tertiary/aromatic N) is 1. The first-order valence-electron chi connectivity index (χ1n) is 7.75. The molecular formula is C17H27IN4O. The smallest absolute Gasteiger partial charge is 0.190 e. The Balaban J connectivity index is 0.00000264. The molecule has 1 aromatic heterocycles. The maximum absolute atomic E-state index is 5.03. The average Bonchev–Trinajstić information content (AvgIpc) is 2.94. The second-order valence-electron chi connectivity index (χ2n) is 5.33. The van der Waals surface area contributed by atoms with E-state index in [9.17, 15) is 0 Å². The molecule has 0 unspecified atom stereocenters. The normalized spacial score (nSPS) is 11.3. The number of aryl methyl sites for hydroxylation is 1. The molecule has 0 spiro atoms. The second-order valence-corrected chi connectivity index (χ2v) is 5.33. The van der Waals surface area contributed by atoms with Crippen molar-refractivity contribution < 1.29 is 4.74 Å². The van der Waals surface area contributed by atoms with Gasteiger partial charge in [0.2, 0.25) is 0 Å². The van der Waals surface area contributed by atoms with E-state index in [-0.39, 0.29) is 24.0 Å². The highest BCUT2D eigenvalue weighted by atomic mass is 127. The van der Waals surface area contributed by atoms with Crippen LogP contribution in [0.2, 0.25) is 0 Å². The molecule has 0 aliphatic heterocycles. The molecule has 0 saturated carbocycles. The molecule has 6 heteroatoms. The highest BCUT2D eigenvalue weighted by Crippen LogP contribution is 2.21. The number of halogens is 1. The quantitative estimate of drug-likeness (QED) is 0.274. The maximum Gasteiger partial charge on any atom is 0.190 e. The molecule has 0 bridgehead atoms. The van der Waals surface area contributed by atoms with Gasteiger partial charge in [-0.1, -0.05) is 18.2 Å². The van der Waals surface area contributed by atoms with Crippen LogP contribution in [0.15, 0.2) is 29.4 Å². The van der Waals surface area contributed by atoms with Gasteiger partial charge in [-0.15, -0.1) is 24.0 Å². The largest absolute Gasteiger partial charge is 0.385 e. The molecule has 128 valence electrons. The number of ether oxygens (including phenoxy) is 1. The van der Waals surface area contributed by atoms with Crippen molar-refractivity contribution in [3.63, 3.8) is 0 Å². The van der Waals surface area contributed by atoms with Crippen LogP contribution in [-0.4, -0.2) is 44.8 Å². The average molecular weight is 430 g/mol. The molecule has 0 radical (unpaired) electrons. The lowest BCUT2D eigenvalue weighted by Gasteiger charge is -2.11. The molecule has 2 rings (SSSR count). The first-order chi connectivity index (χ1) is 10.8. The zero-order valence-electron chi connectivity index (χ0n) is 14.1. The molecule has 0 saturated heterocycles. The molecule has 0 amide bonds. The molecular weight excluding hydrogens is 403 g/mol. The predicted molar refractivity (Wildman–Crippen MR) is 108 cm³/mol. The summed E-state index contributed by atoms with van der Waals surface area (Å²) < 4.78 is 5.03. The third-order valence-corrected chi connectivity index (χ3v) is 3.74. The molecule has 23 heavy (non-hydrogen) atoms. The zero-order chi connectivity index (χ0) is 15.8. The maximum atomic E-state index is 5.03. The molecule has 1 aromatic carbocycles. The summed E-state index contributed by atoms with van der Waals surface area (Å²) in [6.07, 6.45) is 4.04. The summed E-state index contributed by atoms with van der Waals surface area (Å²) in [5.41, 5.74) is 3.85. The van der Waals surface area contributed by atoms with Crippen LogP contribution in [0.1, 0.15) is 17.5 Å². The van der Waals surface area contributed by atoms with Crippen molar-refractivity contribution in [1.29, 1.82) is 0 Å². The fourth-order valence-electron chi connectivity index (χ4n) is 2.53. The molecule has 0 atom stereocenters. The number of aliphatic imine (C=N–C) groups is 1. The highest BCUT2D eigenvalue weighted by molar-refractivity contribution is 14.0. The number of hydrogen-bond acceptors (Lipinski definition) is 2. The van der Waals surface area contributed by atoms with Gasteiger partial charge in [-0.25, -0.2) is 0 Å². The lowest BCUT2D eigenvalue weighted by Crippen LogP contribution is -2.38. The van der Waals surface area contributed by atoms with Gasteiger partial charge in [-0.05, 0) is 30.9 Å². The van der Waals surface area contributed by atoms with E-state index in [0.29, 0.717) is 0 Å². The van der Waals surface area contributed by atoms with E-state index >= 15 is 0 Å². The SMILES string of the molecule is CN=C(NCCCOC)NCCc1c[nH]c2c(C)cccc12.I. The van der Waals surface area contributed by atoms with E-state index in [1.807, 2.05) is 0 Å². The van der Waals surface area contributed by atoms with Gasteiger partial charge in [-0.2, -0.15) is 0 Å². The van der Waals surface area contributed by atoms with Gasteiger partial charge in [-0.3, -0.25) is 4.99 Å². The van der Waals surface area contributed by atoms with E-state index < -0.39 is 0 Å². The minimum absolute atomic E-state index is 0. The molecule has 0 aliphatic carbocycles. The van der Waals surface area contributed by atoms with Crippen LogP contribution in [0.4, 0.5) is 0 Å². The van der Waals surface area contributed by atoms with Crippen LogP contribution in [0.5, 0.6) is 0 Å². The van der Waals surface area contributed by atoms with Crippen molar-refractivity contribution in [2.45, 2.75) is 19.8 Å². The standard InChI is InChI=1S/C17H26N4O.HI/c1-13-6-4-7-15-14(12-21-16(13)15)8-10-20-17(18-2)19-9-5-11-22-3;/h4,6-7,12,21H,5,8-11H2,1-3H3,(H2,18,19,20);1H. The molecule has 2 aromatic rings. The van der Waals surface area contributed by atoms with Gasteiger partial charge in [0.1, 0.15) is 0 Å². The van der Waals surface area contributed by atoms with Crippen LogP contribution < -0.4 is 10.6 Å². The summed E-state index contributed by atoms with van der Waals surface area (Å²) in [5.74, 6) is 0.840. The molecule has 1 heterocycles. The van der Waals surface area contributed by atoms with E-state index in [1.54, 1.807) is 14.2 Å². The number of methoxy groups -OCH3 is 1. The first-order valence-corrected chi connectivity index (χ1v) is 7.75. The van der Waals surface area contributed by atoms with Gasteiger partial charge in [0.15, 0.2) is 5.96 Å².